The van der Waals surface area contributed by atoms with Crippen LogP contribution in [0.4, 0.5) is 4.39 Å². The molecular weight excluding hydrogens is 223 g/mol. The van der Waals surface area contributed by atoms with Crippen LogP contribution in [0.2, 0.25) is 0 Å². The second-order valence-electron chi connectivity index (χ2n) is 4.71. The molecule has 0 aromatic heterocycles. The van der Waals surface area contributed by atoms with Crippen molar-refractivity contribution < 1.29 is 19.0 Å². The summed E-state index contributed by atoms with van der Waals surface area (Å²) in [5.41, 5.74) is -1.07. The quantitative estimate of drug-likeness (QED) is 0.882. The lowest BCUT2D eigenvalue weighted by Crippen LogP contribution is -2.18. The predicted octanol–water partition coefficient (Wildman–Crippen LogP) is 2.85. The molecule has 0 heterocycles. The van der Waals surface area contributed by atoms with Crippen LogP contribution in [0.5, 0.6) is 11.5 Å². The summed E-state index contributed by atoms with van der Waals surface area (Å²) >= 11 is 0. The summed E-state index contributed by atoms with van der Waals surface area (Å²) in [5.74, 6) is 0.246. The van der Waals surface area contributed by atoms with Gasteiger partial charge in [-0.15, -0.1) is 0 Å². The van der Waals surface area contributed by atoms with E-state index >= 15 is 0 Å². The van der Waals surface area contributed by atoms with Crippen LogP contribution < -0.4 is 9.47 Å². The fraction of sp³-hybridized carbons (Fsp3) is 0.538. The van der Waals surface area contributed by atoms with Crippen molar-refractivity contribution in [3.05, 3.63) is 23.5 Å². The summed E-state index contributed by atoms with van der Waals surface area (Å²) in [6.07, 6.45) is -0.0518. The number of halogens is 1. The van der Waals surface area contributed by atoms with E-state index in [9.17, 15) is 9.50 Å². The van der Waals surface area contributed by atoms with Crippen LogP contribution in [0, 0.1) is 5.82 Å². The molecule has 0 radical (unpaired) electrons. The van der Waals surface area contributed by atoms with Gasteiger partial charge in [0.1, 0.15) is 5.82 Å². The number of benzene rings is 1. The Morgan fingerprint density at radius 3 is 2.24 bits per heavy atom. The Bertz CT molecular complexity index is 394. The van der Waals surface area contributed by atoms with Gasteiger partial charge >= 0.3 is 0 Å². The van der Waals surface area contributed by atoms with Crippen molar-refractivity contribution in [2.24, 2.45) is 0 Å². The first-order valence-corrected chi connectivity index (χ1v) is 5.52. The van der Waals surface area contributed by atoms with Crippen molar-refractivity contribution in [2.45, 2.75) is 39.4 Å². The molecule has 0 aliphatic heterocycles. The first-order valence-electron chi connectivity index (χ1n) is 5.52. The van der Waals surface area contributed by atoms with Crippen molar-refractivity contribution in [2.75, 3.05) is 7.11 Å². The molecule has 0 amide bonds. The van der Waals surface area contributed by atoms with Gasteiger partial charge in [-0.1, -0.05) is 0 Å². The van der Waals surface area contributed by atoms with Gasteiger partial charge in [-0.05, 0) is 33.8 Å². The third-order valence-electron chi connectivity index (χ3n) is 2.28. The van der Waals surface area contributed by atoms with Crippen LogP contribution in [-0.2, 0) is 5.60 Å². The zero-order valence-corrected chi connectivity index (χ0v) is 10.9. The molecule has 1 aromatic rings. The lowest BCUT2D eigenvalue weighted by Gasteiger charge is -2.21. The molecular formula is C13H19FO3. The Hall–Kier alpha value is -1.29. The largest absolute Gasteiger partial charge is 0.493 e. The molecule has 0 unspecified atom stereocenters. The minimum Gasteiger partial charge on any atom is -0.493 e. The first kappa shape index (κ1) is 13.8. The SMILES string of the molecule is COc1cc(F)c(C(C)(C)O)cc1OC(C)C. The van der Waals surface area contributed by atoms with E-state index in [0.29, 0.717) is 11.5 Å². The zero-order valence-electron chi connectivity index (χ0n) is 10.9. The van der Waals surface area contributed by atoms with E-state index in [4.69, 9.17) is 9.47 Å². The second-order valence-corrected chi connectivity index (χ2v) is 4.71. The Kier molecular flexibility index (Phi) is 3.98. The van der Waals surface area contributed by atoms with Gasteiger partial charge < -0.3 is 14.6 Å². The molecule has 0 saturated carbocycles. The molecule has 0 bridgehead atoms. The molecule has 0 fully saturated rings. The van der Waals surface area contributed by atoms with Gasteiger partial charge in [0.25, 0.3) is 0 Å². The van der Waals surface area contributed by atoms with E-state index in [0.717, 1.165) is 0 Å². The zero-order chi connectivity index (χ0) is 13.2. The van der Waals surface area contributed by atoms with Crippen LogP contribution >= 0.6 is 0 Å². The Morgan fingerprint density at radius 1 is 1.24 bits per heavy atom. The molecule has 1 rings (SSSR count). The molecule has 1 N–H and O–H groups in total. The molecule has 96 valence electrons. The highest BCUT2D eigenvalue weighted by Crippen LogP contribution is 2.35. The summed E-state index contributed by atoms with van der Waals surface area (Å²) in [6.45, 7) is 6.78. The van der Waals surface area contributed by atoms with Gasteiger partial charge in [-0.2, -0.15) is 0 Å². The number of rotatable bonds is 4. The van der Waals surface area contributed by atoms with Crippen molar-refractivity contribution in [3.63, 3.8) is 0 Å². The number of hydrogen-bond acceptors (Lipinski definition) is 3. The minimum atomic E-state index is -1.26. The summed E-state index contributed by atoms with van der Waals surface area (Å²) in [5, 5.41) is 9.86. The standard InChI is InChI=1S/C13H19FO3/c1-8(2)17-12-6-9(13(3,4)15)10(14)7-11(12)16-5/h6-8,15H,1-5H3. The van der Waals surface area contributed by atoms with E-state index in [2.05, 4.69) is 0 Å². The Morgan fingerprint density at radius 2 is 1.82 bits per heavy atom. The number of ether oxygens (including phenoxy) is 2. The molecule has 4 heteroatoms. The minimum absolute atomic E-state index is 0.0518. The number of hydrogen-bond donors (Lipinski definition) is 1. The predicted molar refractivity (Wildman–Crippen MR) is 64.0 cm³/mol. The number of aliphatic hydroxyl groups is 1. The van der Waals surface area contributed by atoms with Crippen molar-refractivity contribution in [3.8, 4) is 11.5 Å². The van der Waals surface area contributed by atoms with Gasteiger partial charge in [-0.3, -0.25) is 0 Å². The average Bonchev–Trinajstić information content (AvgIpc) is 2.17. The Labute approximate surface area is 101 Å². The van der Waals surface area contributed by atoms with E-state index in [-0.39, 0.29) is 11.7 Å². The van der Waals surface area contributed by atoms with Gasteiger partial charge in [0.05, 0.1) is 18.8 Å². The highest BCUT2D eigenvalue weighted by atomic mass is 19.1. The topological polar surface area (TPSA) is 38.7 Å². The molecule has 3 nitrogen and oxygen atoms in total. The summed E-state index contributed by atoms with van der Waals surface area (Å²) in [6, 6.07) is 2.71. The van der Waals surface area contributed by atoms with Crippen LogP contribution in [-0.4, -0.2) is 18.3 Å². The maximum atomic E-state index is 13.8. The van der Waals surface area contributed by atoms with Crippen molar-refractivity contribution in [1.82, 2.24) is 0 Å². The maximum absolute atomic E-state index is 13.8. The van der Waals surface area contributed by atoms with E-state index in [1.54, 1.807) is 0 Å². The highest BCUT2D eigenvalue weighted by Gasteiger charge is 2.23. The fourth-order valence-electron chi connectivity index (χ4n) is 1.51. The molecule has 0 aliphatic rings. The van der Waals surface area contributed by atoms with Crippen molar-refractivity contribution in [1.29, 1.82) is 0 Å². The summed E-state index contributed by atoms with van der Waals surface area (Å²) in [4.78, 5) is 0. The molecule has 1 aromatic carbocycles. The average molecular weight is 242 g/mol. The maximum Gasteiger partial charge on any atom is 0.163 e. The second kappa shape index (κ2) is 4.92. The van der Waals surface area contributed by atoms with E-state index < -0.39 is 11.4 Å². The fourth-order valence-corrected chi connectivity index (χ4v) is 1.51. The smallest absolute Gasteiger partial charge is 0.163 e. The Balaban J connectivity index is 3.27. The van der Waals surface area contributed by atoms with Crippen LogP contribution in [0.15, 0.2) is 12.1 Å². The molecule has 0 aliphatic carbocycles. The monoisotopic (exact) mass is 242 g/mol. The molecule has 0 spiro atoms. The highest BCUT2D eigenvalue weighted by molar-refractivity contribution is 5.45. The summed E-state index contributed by atoms with van der Waals surface area (Å²) in [7, 11) is 1.45. The van der Waals surface area contributed by atoms with Crippen LogP contribution in [0.25, 0.3) is 0 Å². The molecule has 0 saturated heterocycles. The van der Waals surface area contributed by atoms with Gasteiger partial charge in [0.15, 0.2) is 11.5 Å². The van der Waals surface area contributed by atoms with Gasteiger partial charge in [-0.25, -0.2) is 4.39 Å². The van der Waals surface area contributed by atoms with Crippen LogP contribution in [0.1, 0.15) is 33.3 Å². The van der Waals surface area contributed by atoms with E-state index in [1.165, 1.54) is 33.1 Å². The third-order valence-corrected chi connectivity index (χ3v) is 2.28. The first-order chi connectivity index (χ1) is 7.75. The van der Waals surface area contributed by atoms with Crippen molar-refractivity contribution >= 4 is 0 Å². The van der Waals surface area contributed by atoms with E-state index in [1.807, 2.05) is 13.8 Å². The lowest BCUT2D eigenvalue weighted by molar-refractivity contribution is 0.0738. The summed E-state index contributed by atoms with van der Waals surface area (Å²) < 4.78 is 24.3. The van der Waals surface area contributed by atoms with Gasteiger partial charge in [0.2, 0.25) is 0 Å². The lowest BCUT2D eigenvalue weighted by atomic mass is 9.97. The number of methoxy groups -OCH3 is 1. The normalized spacial score (nSPS) is 11.8. The van der Waals surface area contributed by atoms with Gasteiger partial charge in [0, 0.05) is 11.6 Å². The van der Waals surface area contributed by atoms with Crippen LogP contribution in [0.3, 0.4) is 0 Å². The third kappa shape index (κ3) is 3.33. The molecule has 17 heavy (non-hydrogen) atoms. The molecule has 0 atom stereocenters.